The number of carbonyl (C=O) groups is 3. The number of fused-ring (bicyclic) bond motifs is 1. The summed E-state index contributed by atoms with van der Waals surface area (Å²) >= 11 is 0. The maximum Gasteiger partial charge on any atom is 0.283 e. The molecular weight excluding hydrogens is 381 g/mol. The summed E-state index contributed by atoms with van der Waals surface area (Å²) < 4.78 is 23.8. The van der Waals surface area contributed by atoms with Gasteiger partial charge in [-0.05, 0) is 42.8 Å². The molecule has 8 nitrogen and oxygen atoms in total. The van der Waals surface area contributed by atoms with Crippen molar-refractivity contribution < 1.29 is 28.2 Å². The number of para-hydroxylation sites is 2. The van der Waals surface area contributed by atoms with Crippen LogP contribution in [0.2, 0.25) is 0 Å². The lowest BCUT2D eigenvalue weighted by atomic mass is 10.2. The Hall–Kier alpha value is -3.62. The molecular formula is C20H20FN3O5. The molecule has 1 atom stereocenters. The first-order valence-electron chi connectivity index (χ1n) is 9.04. The van der Waals surface area contributed by atoms with Gasteiger partial charge in [-0.25, -0.2) is 4.39 Å². The van der Waals surface area contributed by atoms with Crippen molar-refractivity contribution in [2.45, 2.75) is 18.9 Å². The molecule has 0 saturated heterocycles. The Morgan fingerprint density at radius 2 is 1.72 bits per heavy atom. The van der Waals surface area contributed by atoms with Gasteiger partial charge in [-0.15, -0.1) is 0 Å². The van der Waals surface area contributed by atoms with E-state index < -0.39 is 23.7 Å². The highest BCUT2D eigenvalue weighted by Crippen LogP contribution is 2.30. The summed E-state index contributed by atoms with van der Waals surface area (Å²) in [6.07, 6.45) is -0.417. The first-order chi connectivity index (χ1) is 14.0. The zero-order valence-corrected chi connectivity index (χ0v) is 15.4. The Morgan fingerprint density at radius 1 is 1.00 bits per heavy atom. The van der Waals surface area contributed by atoms with E-state index in [-0.39, 0.29) is 25.5 Å². The zero-order chi connectivity index (χ0) is 20.6. The van der Waals surface area contributed by atoms with E-state index in [2.05, 4.69) is 16.2 Å². The summed E-state index contributed by atoms with van der Waals surface area (Å²) in [6.45, 7) is 0.294. The number of halogens is 1. The Labute approximate surface area is 166 Å². The first kappa shape index (κ1) is 20.1. The Morgan fingerprint density at radius 3 is 2.48 bits per heavy atom. The van der Waals surface area contributed by atoms with Crippen molar-refractivity contribution in [2.75, 3.05) is 13.2 Å². The van der Waals surface area contributed by atoms with Crippen molar-refractivity contribution in [3.05, 3.63) is 59.9 Å². The van der Waals surface area contributed by atoms with Crippen LogP contribution in [0, 0.1) is 5.82 Å². The van der Waals surface area contributed by atoms with Crippen LogP contribution in [0.5, 0.6) is 11.5 Å². The maximum absolute atomic E-state index is 12.8. The van der Waals surface area contributed by atoms with Gasteiger partial charge in [0.15, 0.2) is 11.5 Å². The number of hydrogen-bond donors (Lipinski definition) is 3. The molecule has 2 aromatic rings. The largest absolute Gasteiger partial charge is 0.485 e. The molecule has 1 aliphatic rings. The van der Waals surface area contributed by atoms with Crippen LogP contribution >= 0.6 is 0 Å². The van der Waals surface area contributed by atoms with Gasteiger partial charge in [-0.2, -0.15) is 0 Å². The molecule has 3 N–H and O–H groups in total. The molecule has 29 heavy (non-hydrogen) atoms. The van der Waals surface area contributed by atoms with Crippen LogP contribution in [0.25, 0.3) is 0 Å². The van der Waals surface area contributed by atoms with Gasteiger partial charge in [0.1, 0.15) is 12.4 Å². The van der Waals surface area contributed by atoms with Crippen molar-refractivity contribution in [3.8, 4) is 11.5 Å². The molecule has 0 fully saturated rings. The molecule has 0 spiro atoms. The van der Waals surface area contributed by atoms with Crippen LogP contribution in [0.1, 0.15) is 23.2 Å². The van der Waals surface area contributed by atoms with Crippen molar-refractivity contribution in [2.24, 2.45) is 0 Å². The quantitative estimate of drug-likeness (QED) is 0.500. The van der Waals surface area contributed by atoms with E-state index in [9.17, 15) is 18.8 Å². The minimum absolute atomic E-state index is 0.0358. The van der Waals surface area contributed by atoms with Gasteiger partial charge in [0.25, 0.3) is 11.8 Å². The fourth-order valence-electron chi connectivity index (χ4n) is 2.58. The smallest absolute Gasteiger partial charge is 0.283 e. The number of hydrogen-bond acceptors (Lipinski definition) is 5. The molecule has 1 heterocycles. The minimum atomic E-state index is -0.875. The molecule has 152 valence electrons. The monoisotopic (exact) mass is 401 g/mol. The Bertz CT molecular complexity index is 888. The highest BCUT2D eigenvalue weighted by Gasteiger charge is 2.27. The number of rotatable bonds is 6. The lowest BCUT2D eigenvalue weighted by Gasteiger charge is -2.25. The average Bonchev–Trinajstić information content (AvgIpc) is 2.75. The van der Waals surface area contributed by atoms with E-state index in [1.165, 1.54) is 24.3 Å². The zero-order valence-electron chi connectivity index (χ0n) is 15.4. The second kappa shape index (κ2) is 9.54. The minimum Gasteiger partial charge on any atom is -0.485 e. The molecule has 1 unspecified atom stereocenters. The molecule has 3 rings (SSSR count). The van der Waals surface area contributed by atoms with Crippen molar-refractivity contribution in [3.63, 3.8) is 0 Å². The lowest BCUT2D eigenvalue weighted by Crippen LogP contribution is -2.50. The maximum atomic E-state index is 12.8. The average molecular weight is 401 g/mol. The summed E-state index contributed by atoms with van der Waals surface area (Å²) in [5.41, 5.74) is 4.93. The van der Waals surface area contributed by atoms with Crippen molar-refractivity contribution in [1.29, 1.82) is 0 Å². The van der Waals surface area contributed by atoms with Crippen molar-refractivity contribution >= 4 is 17.7 Å². The van der Waals surface area contributed by atoms with E-state index in [4.69, 9.17) is 9.47 Å². The van der Waals surface area contributed by atoms with Crippen LogP contribution in [0.15, 0.2) is 48.5 Å². The molecule has 1 aliphatic heterocycles. The number of hydrazine groups is 1. The lowest BCUT2D eigenvalue weighted by molar-refractivity contribution is -0.135. The highest BCUT2D eigenvalue weighted by molar-refractivity contribution is 5.94. The van der Waals surface area contributed by atoms with Gasteiger partial charge in [0, 0.05) is 18.5 Å². The fourth-order valence-corrected chi connectivity index (χ4v) is 2.58. The van der Waals surface area contributed by atoms with E-state index >= 15 is 0 Å². The van der Waals surface area contributed by atoms with Crippen LogP contribution in [0.3, 0.4) is 0 Å². The second-order valence-electron chi connectivity index (χ2n) is 6.27. The standard InChI is InChI=1S/C20H20FN3O5/c21-14-9-7-13(8-10-14)19(26)22-11-3-6-18(25)23-24-20(27)17-12-28-15-4-1-2-5-16(15)29-17/h1-2,4-5,7-10,17H,3,6,11-12H2,(H,22,26)(H,23,25)(H,24,27). The molecule has 0 saturated carbocycles. The number of amides is 3. The molecule has 0 bridgehead atoms. The summed E-state index contributed by atoms with van der Waals surface area (Å²) in [7, 11) is 0. The third kappa shape index (κ3) is 5.68. The van der Waals surface area contributed by atoms with Crippen LogP contribution in [-0.4, -0.2) is 37.0 Å². The molecule has 0 radical (unpaired) electrons. The van der Waals surface area contributed by atoms with Crippen LogP contribution in [0.4, 0.5) is 4.39 Å². The van der Waals surface area contributed by atoms with Crippen molar-refractivity contribution in [1.82, 2.24) is 16.2 Å². The van der Waals surface area contributed by atoms with Crippen LogP contribution in [-0.2, 0) is 9.59 Å². The van der Waals surface area contributed by atoms with E-state index in [0.717, 1.165) is 0 Å². The van der Waals surface area contributed by atoms with E-state index in [0.29, 0.717) is 23.5 Å². The SMILES string of the molecule is O=C(CCCNC(=O)c1ccc(F)cc1)NNC(=O)C1COc2ccccc2O1. The summed E-state index contributed by atoms with van der Waals surface area (Å²) in [5.74, 6) is -0.697. The summed E-state index contributed by atoms with van der Waals surface area (Å²) in [6, 6.07) is 12.1. The third-order valence-electron chi connectivity index (χ3n) is 4.10. The van der Waals surface area contributed by atoms with Gasteiger partial charge in [-0.1, -0.05) is 12.1 Å². The first-order valence-corrected chi connectivity index (χ1v) is 9.04. The normalized spacial score (nSPS) is 14.6. The molecule has 0 aliphatic carbocycles. The van der Waals surface area contributed by atoms with E-state index in [1.54, 1.807) is 24.3 Å². The third-order valence-corrected chi connectivity index (χ3v) is 4.10. The highest BCUT2D eigenvalue weighted by atomic mass is 19.1. The summed E-state index contributed by atoms with van der Waals surface area (Å²) in [5, 5.41) is 2.63. The predicted octanol–water partition coefficient (Wildman–Crippen LogP) is 1.32. The van der Waals surface area contributed by atoms with Gasteiger partial charge in [0.05, 0.1) is 0 Å². The molecule has 9 heteroatoms. The molecule has 3 amide bonds. The fraction of sp³-hybridized carbons (Fsp3) is 0.250. The van der Waals surface area contributed by atoms with Gasteiger partial charge >= 0.3 is 0 Å². The molecule has 2 aromatic carbocycles. The predicted molar refractivity (Wildman–Crippen MR) is 101 cm³/mol. The van der Waals surface area contributed by atoms with Gasteiger partial charge in [0.2, 0.25) is 12.0 Å². The number of nitrogens with one attached hydrogen (secondary N) is 3. The summed E-state index contributed by atoms with van der Waals surface area (Å²) in [4.78, 5) is 35.8. The van der Waals surface area contributed by atoms with E-state index in [1.807, 2.05) is 0 Å². The second-order valence-corrected chi connectivity index (χ2v) is 6.27. The Kier molecular flexibility index (Phi) is 6.62. The number of carbonyl (C=O) groups excluding carboxylic acids is 3. The Balaban J connectivity index is 1.32. The number of benzene rings is 2. The number of ether oxygens (including phenoxy) is 2. The molecule has 0 aromatic heterocycles. The van der Waals surface area contributed by atoms with Gasteiger partial charge in [-0.3, -0.25) is 25.2 Å². The van der Waals surface area contributed by atoms with Gasteiger partial charge < -0.3 is 14.8 Å². The topological polar surface area (TPSA) is 106 Å². The van der Waals surface area contributed by atoms with Crippen LogP contribution < -0.4 is 25.6 Å².